The maximum atomic E-state index is 12.9. The van der Waals surface area contributed by atoms with Crippen LogP contribution in [0.2, 0.25) is 0 Å². The van der Waals surface area contributed by atoms with Crippen LogP contribution in [-0.2, 0) is 16.2 Å². The average molecular weight is 419 g/mol. The SMILES string of the molecule is NS(=O)(=O)c1cccc(-c2ccnc3cc(-c4ccnc(C(F)(F)F)c4)oc23)c1. The average Bonchev–Trinajstić information content (AvgIpc) is 3.11. The number of furan rings is 1. The summed E-state index contributed by atoms with van der Waals surface area (Å²) in [4.78, 5) is 7.44. The van der Waals surface area contributed by atoms with E-state index < -0.39 is 21.9 Å². The lowest BCUT2D eigenvalue weighted by Crippen LogP contribution is -2.11. The third-order valence-corrected chi connectivity index (χ3v) is 5.13. The van der Waals surface area contributed by atoms with Gasteiger partial charge in [-0.3, -0.25) is 9.97 Å². The van der Waals surface area contributed by atoms with Crippen LogP contribution in [0.1, 0.15) is 5.69 Å². The number of alkyl halides is 3. The number of hydrogen-bond acceptors (Lipinski definition) is 5. The van der Waals surface area contributed by atoms with E-state index in [0.29, 0.717) is 22.2 Å². The van der Waals surface area contributed by atoms with Crippen LogP contribution >= 0.6 is 0 Å². The largest absolute Gasteiger partial charge is 0.454 e. The van der Waals surface area contributed by atoms with Gasteiger partial charge in [-0.1, -0.05) is 12.1 Å². The molecule has 0 aliphatic carbocycles. The zero-order valence-electron chi connectivity index (χ0n) is 14.5. The first-order valence-corrected chi connectivity index (χ1v) is 9.73. The maximum Gasteiger partial charge on any atom is 0.433 e. The van der Waals surface area contributed by atoms with Crippen molar-refractivity contribution in [2.45, 2.75) is 11.1 Å². The van der Waals surface area contributed by atoms with Gasteiger partial charge >= 0.3 is 6.18 Å². The number of benzene rings is 1. The summed E-state index contributed by atoms with van der Waals surface area (Å²) < 4.78 is 67.9. The van der Waals surface area contributed by atoms with Gasteiger partial charge in [0.1, 0.15) is 17.0 Å². The Morgan fingerprint density at radius 2 is 1.69 bits per heavy atom. The van der Waals surface area contributed by atoms with Crippen molar-refractivity contribution in [3.05, 3.63) is 66.6 Å². The van der Waals surface area contributed by atoms with Gasteiger partial charge in [-0.25, -0.2) is 13.6 Å². The van der Waals surface area contributed by atoms with E-state index in [-0.39, 0.29) is 16.2 Å². The number of primary sulfonamides is 1. The Morgan fingerprint density at radius 1 is 0.931 bits per heavy atom. The molecule has 0 atom stereocenters. The van der Waals surface area contributed by atoms with Gasteiger partial charge in [0.05, 0.1) is 4.90 Å². The van der Waals surface area contributed by atoms with Gasteiger partial charge in [0.15, 0.2) is 5.58 Å². The molecule has 0 saturated heterocycles. The fraction of sp³-hybridized carbons (Fsp3) is 0.0526. The Bertz CT molecular complexity index is 1330. The predicted octanol–water partition coefficient (Wildman–Crippen LogP) is 4.22. The van der Waals surface area contributed by atoms with Gasteiger partial charge in [0.2, 0.25) is 10.0 Å². The minimum Gasteiger partial charge on any atom is -0.454 e. The quantitative estimate of drug-likeness (QED) is 0.536. The minimum absolute atomic E-state index is 0.0734. The van der Waals surface area contributed by atoms with Crippen molar-refractivity contribution in [3.8, 4) is 22.5 Å². The molecule has 10 heteroatoms. The highest BCUT2D eigenvalue weighted by Crippen LogP contribution is 2.36. The molecular formula is C19H12F3N3O3S. The van der Waals surface area contributed by atoms with Gasteiger partial charge in [0, 0.05) is 29.6 Å². The summed E-state index contributed by atoms with van der Waals surface area (Å²) in [6.07, 6.45) is -2.04. The van der Waals surface area contributed by atoms with Crippen molar-refractivity contribution in [2.75, 3.05) is 0 Å². The Hall–Kier alpha value is -3.24. The minimum atomic E-state index is -4.58. The van der Waals surface area contributed by atoms with E-state index in [0.717, 1.165) is 12.3 Å². The molecule has 148 valence electrons. The molecule has 2 N–H and O–H groups in total. The van der Waals surface area contributed by atoms with Gasteiger partial charge < -0.3 is 4.42 Å². The maximum absolute atomic E-state index is 12.9. The normalized spacial score (nSPS) is 12.4. The molecule has 6 nitrogen and oxygen atoms in total. The van der Waals surface area contributed by atoms with Crippen molar-refractivity contribution in [2.24, 2.45) is 5.14 Å². The van der Waals surface area contributed by atoms with Gasteiger partial charge in [-0.15, -0.1) is 0 Å². The molecule has 0 amide bonds. The number of halogens is 3. The summed E-state index contributed by atoms with van der Waals surface area (Å²) in [6, 6.07) is 11.4. The highest BCUT2D eigenvalue weighted by molar-refractivity contribution is 7.89. The first kappa shape index (κ1) is 19.1. The van der Waals surface area contributed by atoms with Crippen molar-refractivity contribution in [1.29, 1.82) is 0 Å². The van der Waals surface area contributed by atoms with E-state index in [2.05, 4.69) is 9.97 Å². The molecule has 0 fully saturated rings. The number of nitrogens with two attached hydrogens (primary N) is 1. The van der Waals surface area contributed by atoms with Crippen LogP contribution in [0.4, 0.5) is 13.2 Å². The fourth-order valence-electron chi connectivity index (χ4n) is 2.89. The highest BCUT2D eigenvalue weighted by Gasteiger charge is 2.32. The molecular weight excluding hydrogens is 407 g/mol. The number of sulfonamides is 1. The standard InChI is InChI=1S/C19H12F3N3O3S/c20-19(21,22)17-9-12(4-6-25-17)16-10-15-18(28-16)14(5-7-24-15)11-2-1-3-13(8-11)29(23,26)27/h1-10H,(H2,23,26,27). The number of pyridine rings is 2. The number of fused-ring (bicyclic) bond motifs is 1. The van der Waals surface area contributed by atoms with Crippen molar-refractivity contribution in [1.82, 2.24) is 9.97 Å². The summed E-state index contributed by atoms with van der Waals surface area (Å²) in [5.74, 6) is 0.176. The van der Waals surface area contributed by atoms with Crippen molar-refractivity contribution in [3.63, 3.8) is 0 Å². The van der Waals surface area contributed by atoms with Crippen LogP contribution in [-0.4, -0.2) is 18.4 Å². The smallest absolute Gasteiger partial charge is 0.433 e. The van der Waals surface area contributed by atoms with E-state index in [1.54, 1.807) is 12.1 Å². The van der Waals surface area contributed by atoms with E-state index >= 15 is 0 Å². The number of hydrogen-bond donors (Lipinski definition) is 1. The molecule has 3 aromatic heterocycles. The third kappa shape index (κ3) is 3.71. The molecule has 0 radical (unpaired) electrons. The Kier molecular flexibility index (Phi) is 4.39. The van der Waals surface area contributed by atoms with Crippen LogP contribution in [0, 0.1) is 0 Å². The van der Waals surface area contributed by atoms with Gasteiger partial charge in [-0.2, -0.15) is 13.2 Å². The molecule has 1 aromatic carbocycles. The van der Waals surface area contributed by atoms with E-state index in [1.807, 2.05) is 0 Å². The summed E-state index contributed by atoms with van der Waals surface area (Å²) in [7, 11) is -3.90. The first-order chi connectivity index (χ1) is 13.6. The van der Waals surface area contributed by atoms with Crippen LogP contribution in [0.3, 0.4) is 0 Å². The lowest BCUT2D eigenvalue weighted by atomic mass is 10.1. The van der Waals surface area contributed by atoms with Gasteiger partial charge in [-0.05, 0) is 35.9 Å². The molecule has 4 rings (SSSR count). The summed E-state index contributed by atoms with van der Waals surface area (Å²) >= 11 is 0. The second-order valence-electron chi connectivity index (χ2n) is 6.18. The highest BCUT2D eigenvalue weighted by atomic mass is 32.2. The zero-order valence-corrected chi connectivity index (χ0v) is 15.3. The lowest BCUT2D eigenvalue weighted by Gasteiger charge is -2.06. The molecule has 29 heavy (non-hydrogen) atoms. The molecule has 0 unspecified atom stereocenters. The zero-order chi connectivity index (χ0) is 20.8. The number of aromatic nitrogens is 2. The lowest BCUT2D eigenvalue weighted by molar-refractivity contribution is -0.141. The van der Waals surface area contributed by atoms with Crippen LogP contribution in [0.15, 0.2) is 70.2 Å². The molecule has 4 aromatic rings. The molecule has 0 bridgehead atoms. The third-order valence-electron chi connectivity index (χ3n) is 4.22. The molecule has 3 heterocycles. The fourth-order valence-corrected chi connectivity index (χ4v) is 3.45. The molecule has 0 aliphatic heterocycles. The van der Waals surface area contributed by atoms with Crippen molar-refractivity contribution < 1.29 is 26.0 Å². The van der Waals surface area contributed by atoms with Crippen LogP contribution in [0.5, 0.6) is 0 Å². The Balaban J connectivity index is 1.86. The summed E-state index contributed by atoms with van der Waals surface area (Å²) in [6.45, 7) is 0. The second-order valence-corrected chi connectivity index (χ2v) is 7.75. The molecule has 0 aliphatic rings. The summed E-state index contributed by atoms with van der Waals surface area (Å²) in [5.41, 5.74) is 0.898. The first-order valence-electron chi connectivity index (χ1n) is 8.18. The molecule has 0 saturated carbocycles. The van der Waals surface area contributed by atoms with Crippen LogP contribution in [0.25, 0.3) is 33.6 Å². The van der Waals surface area contributed by atoms with E-state index in [1.165, 1.54) is 36.5 Å². The molecule has 0 spiro atoms. The predicted molar refractivity (Wildman–Crippen MR) is 99.1 cm³/mol. The monoisotopic (exact) mass is 419 g/mol. The van der Waals surface area contributed by atoms with Crippen LogP contribution < -0.4 is 5.14 Å². The topological polar surface area (TPSA) is 99.1 Å². The number of rotatable bonds is 3. The summed E-state index contributed by atoms with van der Waals surface area (Å²) in [5, 5.41) is 5.18. The number of nitrogens with zero attached hydrogens (tertiary/aromatic N) is 2. The van der Waals surface area contributed by atoms with Crippen molar-refractivity contribution >= 4 is 21.1 Å². The van der Waals surface area contributed by atoms with E-state index in [4.69, 9.17) is 9.56 Å². The Labute approximate surface area is 162 Å². The second kappa shape index (κ2) is 6.68. The Morgan fingerprint density at radius 3 is 2.41 bits per heavy atom. The van der Waals surface area contributed by atoms with E-state index in [9.17, 15) is 21.6 Å². The van der Waals surface area contributed by atoms with Gasteiger partial charge in [0.25, 0.3) is 0 Å².